The maximum atomic E-state index is 14.0. The summed E-state index contributed by atoms with van der Waals surface area (Å²) in [5.41, 5.74) is 4.12. The summed E-state index contributed by atoms with van der Waals surface area (Å²) in [6.07, 6.45) is 5.91. The number of carbonyl (C=O) groups excluding carboxylic acids is 1. The topological polar surface area (TPSA) is 52.9 Å². The number of nitrogens with one attached hydrogen (secondary N) is 1. The average Bonchev–Trinajstić information content (AvgIpc) is 3.34. The van der Waals surface area contributed by atoms with E-state index in [1.54, 1.807) is 6.07 Å². The van der Waals surface area contributed by atoms with Crippen molar-refractivity contribution in [3.05, 3.63) is 90.5 Å². The van der Waals surface area contributed by atoms with E-state index in [1.807, 2.05) is 71.4 Å². The first-order valence-electron chi connectivity index (χ1n) is 12.2. The fourth-order valence-corrected chi connectivity index (χ4v) is 4.55. The van der Waals surface area contributed by atoms with Crippen LogP contribution in [0.5, 0.6) is 0 Å². The van der Waals surface area contributed by atoms with Crippen LogP contribution in [0.3, 0.4) is 0 Å². The number of unbranched alkanes of at least 4 members (excludes halogenated alkanes) is 1. The number of para-hydroxylation sites is 1. The minimum absolute atomic E-state index is 0.0509. The van der Waals surface area contributed by atoms with E-state index in [-0.39, 0.29) is 11.7 Å². The van der Waals surface area contributed by atoms with Gasteiger partial charge in [-0.05, 0) is 55.8 Å². The molecule has 1 aliphatic heterocycles. The largest absolute Gasteiger partial charge is 0.367 e. The Morgan fingerprint density at radius 2 is 1.69 bits per heavy atom. The number of pyridine rings is 1. The quantitative estimate of drug-likeness (QED) is 0.385. The first-order valence-corrected chi connectivity index (χ1v) is 12.2. The van der Waals surface area contributed by atoms with Gasteiger partial charge in [0.15, 0.2) is 0 Å². The van der Waals surface area contributed by atoms with Crippen molar-refractivity contribution in [2.45, 2.75) is 12.8 Å². The summed E-state index contributed by atoms with van der Waals surface area (Å²) in [5, 5.41) is 3.03. The number of anilines is 1. The molecule has 6 nitrogen and oxygen atoms in total. The van der Waals surface area contributed by atoms with Crippen LogP contribution in [-0.2, 0) is 0 Å². The average molecular weight is 472 g/mol. The standard InChI is InChI=1S/C28H30FN5O/c29-24-7-1-2-8-26(24)33-19-17-32(18-20-33)15-6-4-14-30-28(35)23-12-10-22(11-13-23)25-21-34-16-5-3-9-27(34)31-25/h1-3,5,7-13,16,21H,4,6,14-15,17-20H2,(H,30,35). The van der Waals surface area contributed by atoms with Crippen LogP contribution >= 0.6 is 0 Å². The highest BCUT2D eigenvalue weighted by Crippen LogP contribution is 2.21. The van der Waals surface area contributed by atoms with Crippen LogP contribution in [-0.4, -0.2) is 59.5 Å². The van der Waals surface area contributed by atoms with Gasteiger partial charge in [0, 0.05) is 56.2 Å². The van der Waals surface area contributed by atoms with Gasteiger partial charge < -0.3 is 14.6 Å². The number of fused-ring (bicyclic) bond motifs is 1. The Balaban J connectivity index is 1.02. The molecule has 4 aromatic rings. The molecule has 0 spiro atoms. The van der Waals surface area contributed by atoms with Crippen molar-refractivity contribution in [1.82, 2.24) is 19.6 Å². The van der Waals surface area contributed by atoms with Crippen LogP contribution in [0.15, 0.2) is 79.1 Å². The summed E-state index contributed by atoms with van der Waals surface area (Å²) in [4.78, 5) is 21.7. The molecule has 1 amide bonds. The molecule has 35 heavy (non-hydrogen) atoms. The maximum Gasteiger partial charge on any atom is 0.251 e. The van der Waals surface area contributed by atoms with Gasteiger partial charge in [0.25, 0.3) is 5.91 Å². The summed E-state index contributed by atoms with van der Waals surface area (Å²) >= 11 is 0. The minimum Gasteiger partial charge on any atom is -0.367 e. The molecule has 2 aromatic carbocycles. The predicted octanol–water partition coefficient (Wildman–Crippen LogP) is 4.47. The van der Waals surface area contributed by atoms with Crippen LogP contribution in [0.4, 0.5) is 10.1 Å². The van der Waals surface area contributed by atoms with Gasteiger partial charge in [-0.1, -0.05) is 30.3 Å². The Bertz CT molecular complexity index is 1250. The van der Waals surface area contributed by atoms with Gasteiger partial charge in [0.2, 0.25) is 0 Å². The third-order valence-corrected chi connectivity index (χ3v) is 6.56. The molecule has 0 radical (unpaired) electrons. The van der Waals surface area contributed by atoms with Gasteiger partial charge in [-0.15, -0.1) is 0 Å². The summed E-state index contributed by atoms with van der Waals surface area (Å²) in [6.45, 7) is 5.18. The van der Waals surface area contributed by atoms with Crippen molar-refractivity contribution in [3.8, 4) is 11.3 Å². The van der Waals surface area contributed by atoms with Crippen molar-refractivity contribution in [3.63, 3.8) is 0 Å². The second-order valence-electron chi connectivity index (χ2n) is 8.91. The van der Waals surface area contributed by atoms with E-state index in [4.69, 9.17) is 0 Å². The normalized spacial score (nSPS) is 14.4. The zero-order valence-corrected chi connectivity index (χ0v) is 19.7. The molecule has 1 fully saturated rings. The lowest BCUT2D eigenvalue weighted by Gasteiger charge is -2.36. The lowest BCUT2D eigenvalue weighted by atomic mass is 10.1. The van der Waals surface area contributed by atoms with Crippen LogP contribution in [0.25, 0.3) is 16.9 Å². The molecule has 1 aliphatic rings. The number of carbonyl (C=O) groups is 1. The second kappa shape index (κ2) is 10.7. The van der Waals surface area contributed by atoms with Gasteiger partial charge >= 0.3 is 0 Å². The van der Waals surface area contributed by atoms with E-state index in [2.05, 4.69) is 20.1 Å². The van der Waals surface area contributed by atoms with Gasteiger partial charge in [0.1, 0.15) is 11.5 Å². The van der Waals surface area contributed by atoms with Crippen molar-refractivity contribution < 1.29 is 9.18 Å². The summed E-state index contributed by atoms with van der Waals surface area (Å²) in [7, 11) is 0. The number of benzene rings is 2. The second-order valence-corrected chi connectivity index (χ2v) is 8.91. The molecule has 2 aromatic heterocycles. The van der Waals surface area contributed by atoms with E-state index >= 15 is 0 Å². The lowest BCUT2D eigenvalue weighted by molar-refractivity contribution is 0.0952. The Morgan fingerprint density at radius 3 is 2.46 bits per heavy atom. The van der Waals surface area contributed by atoms with Gasteiger partial charge in [0.05, 0.1) is 11.4 Å². The highest BCUT2D eigenvalue weighted by atomic mass is 19.1. The molecule has 1 N–H and O–H groups in total. The van der Waals surface area contributed by atoms with Crippen LogP contribution in [0.1, 0.15) is 23.2 Å². The number of amides is 1. The number of piperazine rings is 1. The number of hydrogen-bond donors (Lipinski definition) is 1. The molecule has 180 valence electrons. The fourth-order valence-electron chi connectivity index (χ4n) is 4.55. The number of halogens is 1. The molecule has 0 unspecified atom stereocenters. The highest BCUT2D eigenvalue weighted by Gasteiger charge is 2.18. The molecule has 0 bridgehead atoms. The van der Waals surface area contributed by atoms with Crippen LogP contribution in [0, 0.1) is 5.82 Å². The van der Waals surface area contributed by atoms with E-state index < -0.39 is 0 Å². The van der Waals surface area contributed by atoms with E-state index in [1.165, 1.54) is 6.07 Å². The van der Waals surface area contributed by atoms with E-state index in [0.717, 1.165) is 62.5 Å². The molecule has 7 heteroatoms. The lowest BCUT2D eigenvalue weighted by Crippen LogP contribution is -2.47. The molecular weight excluding hydrogens is 441 g/mol. The molecule has 0 aliphatic carbocycles. The Labute approximate surface area is 205 Å². The number of nitrogens with zero attached hydrogens (tertiary/aromatic N) is 4. The first kappa shape index (κ1) is 23.1. The monoisotopic (exact) mass is 471 g/mol. The van der Waals surface area contributed by atoms with Crippen molar-refractivity contribution in [2.24, 2.45) is 0 Å². The van der Waals surface area contributed by atoms with Crippen molar-refractivity contribution in [1.29, 1.82) is 0 Å². The minimum atomic E-state index is -0.151. The Kier molecular flexibility index (Phi) is 7.04. The van der Waals surface area contributed by atoms with Gasteiger partial charge in [-0.25, -0.2) is 9.37 Å². The number of imidazole rings is 1. The number of aromatic nitrogens is 2. The highest BCUT2D eigenvalue weighted by molar-refractivity contribution is 5.94. The van der Waals surface area contributed by atoms with Gasteiger partial charge in [-0.2, -0.15) is 0 Å². The molecule has 0 saturated carbocycles. The Morgan fingerprint density at radius 1 is 0.914 bits per heavy atom. The summed E-state index contributed by atoms with van der Waals surface area (Å²) < 4.78 is 16.0. The molecule has 0 atom stereocenters. The van der Waals surface area contributed by atoms with E-state index in [0.29, 0.717) is 17.8 Å². The zero-order valence-electron chi connectivity index (χ0n) is 19.7. The van der Waals surface area contributed by atoms with Crippen LogP contribution in [0.2, 0.25) is 0 Å². The van der Waals surface area contributed by atoms with Crippen molar-refractivity contribution >= 4 is 17.2 Å². The Hall–Kier alpha value is -3.71. The van der Waals surface area contributed by atoms with Crippen molar-refractivity contribution in [2.75, 3.05) is 44.2 Å². The summed E-state index contributed by atoms with van der Waals surface area (Å²) in [5.74, 6) is -0.202. The number of hydrogen-bond acceptors (Lipinski definition) is 4. The maximum absolute atomic E-state index is 14.0. The molecule has 3 heterocycles. The first-order chi connectivity index (χ1) is 17.2. The third kappa shape index (κ3) is 5.52. The van der Waals surface area contributed by atoms with Gasteiger partial charge in [-0.3, -0.25) is 9.69 Å². The van der Waals surface area contributed by atoms with Crippen LogP contribution < -0.4 is 10.2 Å². The van der Waals surface area contributed by atoms with E-state index in [9.17, 15) is 9.18 Å². The number of rotatable bonds is 8. The predicted molar refractivity (Wildman–Crippen MR) is 137 cm³/mol. The fraction of sp³-hybridized carbons (Fsp3) is 0.286. The smallest absolute Gasteiger partial charge is 0.251 e. The molecule has 1 saturated heterocycles. The molecule has 5 rings (SSSR count). The third-order valence-electron chi connectivity index (χ3n) is 6.56. The SMILES string of the molecule is O=C(NCCCCN1CCN(c2ccccc2F)CC1)c1ccc(-c2cn3ccccc3n2)cc1. The summed E-state index contributed by atoms with van der Waals surface area (Å²) in [6, 6.07) is 20.5. The zero-order chi connectivity index (χ0) is 24.0. The molecular formula is C28H30FN5O.